The molecule has 41 heavy (non-hydrogen) atoms. The topological polar surface area (TPSA) is 172 Å². The molecule has 0 aliphatic heterocycles. The van der Waals surface area contributed by atoms with Gasteiger partial charge in [0.15, 0.2) is 0 Å². The van der Waals surface area contributed by atoms with E-state index in [2.05, 4.69) is 11.9 Å². The van der Waals surface area contributed by atoms with Gasteiger partial charge in [-0.25, -0.2) is 4.79 Å². The molecular weight excluding hydrogens is 583 g/mol. The summed E-state index contributed by atoms with van der Waals surface area (Å²) in [5.74, 6) is 1.77. The van der Waals surface area contributed by atoms with Crippen molar-refractivity contribution >= 4 is 35.0 Å². The molecule has 13 heteroatoms. The van der Waals surface area contributed by atoms with E-state index in [-0.39, 0.29) is 25.1 Å². The van der Waals surface area contributed by atoms with Gasteiger partial charge in [-0.1, -0.05) is 125 Å². The molecule has 0 radical (unpaired) electrons. The number of nitrogens with zero attached hydrogens (tertiary/aromatic N) is 2. The van der Waals surface area contributed by atoms with E-state index in [1.807, 2.05) is 0 Å². The van der Waals surface area contributed by atoms with E-state index in [1.54, 1.807) is 21.6 Å². The number of rotatable bonds is 28. The lowest BCUT2D eigenvalue weighted by atomic mass is 10.0. The Bertz CT molecular complexity index is 852. The fourth-order valence-electron chi connectivity index (χ4n) is 4.24. The van der Waals surface area contributed by atoms with Crippen molar-refractivity contribution in [2.24, 2.45) is 0 Å². The second kappa shape index (κ2) is 27.0. The third kappa shape index (κ3) is 23.5. The quantitative estimate of drug-likeness (QED) is 0.0416. The standard InChI is InChI=1S/C28H54N3O6PS2.H3N/c1-2-3-4-5-6-7-8-9-10-11-12-13-14-15-16-17-21-39-40-22-20-37-38(34,35)25-36-26(24-32)23-31-19-18-27(29)30-28(31)33;/h18-19,26,32H,2-17,20-25H2,1H3,(H,34,35)(H2,29,30,33);1H3/t26-;/m0./s1. The van der Waals surface area contributed by atoms with Crippen molar-refractivity contribution in [1.82, 2.24) is 15.7 Å². The van der Waals surface area contributed by atoms with E-state index in [0.717, 1.165) is 5.75 Å². The maximum atomic E-state index is 12.2. The Morgan fingerprint density at radius 3 is 1.95 bits per heavy atom. The van der Waals surface area contributed by atoms with Gasteiger partial charge in [0.05, 0.1) is 25.9 Å². The molecule has 0 amide bonds. The van der Waals surface area contributed by atoms with Crippen molar-refractivity contribution in [2.75, 3.05) is 36.8 Å². The van der Waals surface area contributed by atoms with Crippen molar-refractivity contribution in [3.05, 3.63) is 22.7 Å². The van der Waals surface area contributed by atoms with E-state index in [9.17, 15) is 19.4 Å². The number of unbranched alkanes of at least 4 members (excludes halogenated alkanes) is 15. The zero-order chi connectivity index (χ0) is 29.3. The SMILES string of the molecule is CCCCCCCCCCCCCCCCCCSSCCOP(=O)(O)CO[C@H](CO)Cn1ccc(N)nc1=O.N. The van der Waals surface area contributed by atoms with Gasteiger partial charge in [-0.3, -0.25) is 9.13 Å². The van der Waals surface area contributed by atoms with E-state index >= 15 is 0 Å². The fourth-order valence-corrected chi connectivity index (χ4v) is 7.19. The Morgan fingerprint density at radius 1 is 0.927 bits per heavy atom. The molecule has 1 unspecified atom stereocenters. The van der Waals surface area contributed by atoms with Gasteiger partial charge in [0, 0.05) is 17.7 Å². The molecule has 242 valence electrons. The average Bonchev–Trinajstić information content (AvgIpc) is 2.93. The summed E-state index contributed by atoms with van der Waals surface area (Å²) in [7, 11) is -0.550. The van der Waals surface area contributed by atoms with Gasteiger partial charge < -0.3 is 31.1 Å². The Labute approximate surface area is 255 Å². The number of nitrogens with two attached hydrogens (primary N) is 1. The highest BCUT2D eigenvalue weighted by atomic mass is 33.1. The lowest BCUT2D eigenvalue weighted by molar-refractivity contribution is 0.0170. The van der Waals surface area contributed by atoms with Crippen LogP contribution >= 0.6 is 29.2 Å². The van der Waals surface area contributed by atoms with Crippen LogP contribution in [-0.2, 0) is 20.4 Å². The van der Waals surface area contributed by atoms with Crippen LogP contribution in [0.5, 0.6) is 0 Å². The number of hydrogen-bond acceptors (Lipinski definition) is 10. The molecule has 0 aliphatic rings. The van der Waals surface area contributed by atoms with E-state index in [0.29, 0.717) is 5.75 Å². The fraction of sp³-hybridized carbons (Fsp3) is 0.857. The van der Waals surface area contributed by atoms with Crippen LogP contribution in [0.15, 0.2) is 17.1 Å². The molecular formula is C28H57N4O6PS2. The van der Waals surface area contributed by atoms with Crippen molar-refractivity contribution < 1.29 is 23.8 Å². The zero-order valence-corrected chi connectivity index (χ0v) is 27.8. The first-order valence-corrected chi connectivity index (χ1v) is 19.4. The van der Waals surface area contributed by atoms with Crippen molar-refractivity contribution in [3.8, 4) is 0 Å². The minimum atomic E-state index is -3.96. The van der Waals surface area contributed by atoms with Gasteiger partial charge in [0.25, 0.3) is 0 Å². The predicted octanol–water partition coefficient (Wildman–Crippen LogP) is 7.17. The Hall–Kier alpha value is -0.590. The summed E-state index contributed by atoms with van der Waals surface area (Å²) in [5.41, 5.74) is 4.87. The molecule has 0 saturated carbocycles. The van der Waals surface area contributed by atoms with E-state index in [4.69, 9.17) is 15.0 Å². The number of nitrogen functional groups attached to an aromatic ring is 1. The summed E-state index contributed by atoms with van der Waals surface area (Å²) in [6.07, 6.45) is 21.9. The first kappa shape index (κ1) is 40.4. The van der Waals surface area contributed by atoms with Crippen LogP contribution in [0, 0.1) is 0 Å². The minimum Gasteiger partial charge on any atom is -0.394 e. The molecule has 0 saturated heterocycles. The number of ether oxygens (including phenoxy) is 1. The smallest absolute Gasteiger partial charge is 0.353 e. The van der Waals surface area contributed by atoms with Gasteiger partial charge in [0.2, 0.25) is 0 Å². The zero-order valence-electron chi connectivity index (χ0n) is 25.3. The number of hydrogen-bond donors (Lipinski definition) is 4. The molecule has 1 rings (SSSR count). The number of aromatic nitrogens is 2. The van der Waals surface area contributed by atoms with Crippen LogP contribution in [0.3, 0.4) is 0 Å². The summed E-state index contributed by atoms with van der Waals surface area (Å²) in [6, 6.07) is 1.45. The lowest BCUT2D eigenvalue weighted by Crippen LogP contribution is -2.32. The van der Waals surface area contributed by atoms with Crippen molar-refractivity contribution in [1.29, 1.82) is 0 Å². The highest BCUT2D eigenvalue weighted by molar-refractivity contribution is 8.76. The molecule has 0 bridgehead atoms. The molecule has 7 N–H and O–H groups in total. The maximum Gasteiger partial charge on any atom is 0.353 e. The molecule has 1 heterocycles. The minimum absolute atomic E-state index is 0. The first-order valence-electron chi connectivity index (χ1n) is 15.1. The second-order valence-corrected chi connectivity index (χ2v) is 14.8. The predicted molar refractivity (Wildman–Crippen MR) is 175 cm³/mol. The summed E-state index contributed by atoms with van der Waals surface area (Å²) in [5, 5.41) is 9.48. The van der Waals surface area contributed by atoms with Gasteiger partial charge in [-0.2, -0.15) is 4.98 Å². The van der Waals surface area contributed by atoms with Crippen LogP contribution < -0.4 is 17.6 Å². The van der Waals surface area contributed by atoms with Crippen LogP contribution in [0.4, 0.5) is 5.82 Å². The Morgan fingerprint density at radius 2 is 1.44 bits per heavy atom. The monoisotopic (exact) mass is 640 g/mol. The van der Waals surface area contributed by atoms with Crippen molar-refractivity contribution in [2.45, 2.75) is 122 Å². The summed E-state index contributed by atoms with van der Waals surface area (Å²) in [6.45, 7) is 1.96. The molecule has 1 aromatic rings. The average molecular weight is 641 g/mol. The molecule has 10 nitrogen and oxygen atoms in total. The largest absolute Gasteiger partial charge is 0.394 e. The van der Waals surface area contributed by atoms with Crippen molar-refractivity contribution in [3.63, 3.8) is 0 Å². The van der Waals surface area contributed by atoms with Crippen LogP contribution in [0.2, 0.25) is 0 Å². The molecule has 0 fully saturated rings. The first-order chi connectivity index (χ1) is 19.4. The molecule has 0 spiro atoms. The number of aliphatic hydroxyl groups excluding tert-OH is 1. The summed E-state index contributed by atoms with van der Waals surface area (Å²) in [4.78, 5) is 25.4. The number of aliphatic hydroxyl groups is 1. The summed E-state index contributed by atoms with van der Waals surface area (Å²) < 4.78 is 23.9. The highest BCUT2D eigenvalue weighted by Gasteiger charge is 2.22. The van der Waals surface area contributed by atoms with Crippen LogP contribution in [0.25, 0.3) is 0 Å². The van der Waals surface area contributed by atoms with Gasteiger partial charge >= 0.3 is 13.3 Å². The third-order valence-electron chi connectivity index (χ3n) is 6.60. The van der Waals surface area contributed by atoms with Gasteiger partial charge in [0.1, 0.15) is 12.2 Å². The Balaban J connectivity index is 0.0000160. The van der Waals surface area contributed by atoms with Crippen LogP contribution in [0.1, 0.15) is 110 Å². The van der Waals surface area contributed by atoms with E-state index < -0.39 is 32.3 Å². The molecule has 2 atom stereocenters. The molecule has 1 aromatic heterocycles. The Kier molecular flexibility index (Phi) is 26.6. The molecule has 0 aromatic carbocycles. The van der Waals surface area contributed by atoms with E-state index in [1.165, 1.54) is 120 Å². The van der Waals surface area contributed by atoms with Crippen LogP contribution in [-0.4, -0.2) is 56.7 Å². The normalized spacial score (nSPS) is 13.5. The second-order valence-electron chi connectivity index (χ2n) is 10.3. The maximum absolute atomic E-state index is 12.2. The summed E-state index contributed by atoms with van der Waals surface area (Å²) >= 11 is 0. The number of anilines is 1. The highest BCUT2D eigenvalue weighted by Crippen LogP contribution is 2.42. The van der Waals surface area contributed by atoms with Gasteiger partial charge in [-0.15, -0.1) is 0 Å². The van der Waals surface area contributed by atoms with Gasteiger partial charge in [-0.05, 0) is 12.5 Å². The third-order valence-corrected chi connectivity index (χ3v) is 10.1. The lowest BCUT2D eigenvalue weighted by Gasteiger charge is -2.19. The molecule has 0 aliphatic carbocycles.